The van der Waals surface area contributed by atoms with E-state index in [4.69, 9.17) is 34.8 Å². The van der Waals surface area contributed by atoms with Crippen LogP contribution in [-0.4, -0.2) is 11.0 Å². The Morgan fingerprint density at radius 2 is 1.80 bits per heavy atom. The van der Waals surface area contributed by atoms with E-state index in [1.807, 2.05) is 0 Å². The van der Waals surface area contributed by atoms with Crippen LogP contribution in [-0.2, 0) is 0 Å². The minimum atomic E-state index is 0.293. The molecule has 0 atom stereocenters. The van der Waals surface area contributed by atoms with Crippen LogP contribution in [0.25, 0.3) is 0 Å². The smallest absolute Gasteiger partial charge is 0.150 e. The molecule has 1 aliphatic rings. The van der Waals surface area contributed by atoms with Gasteiger partial charge in [-0.2, -0.15) is 0 Å². The van der Waals surface area contributed by atoms with Gasteiger partial charge in [-0.15, -0.1) is 0 Å². The van der Waals surface area contributed by atoms with Crippen LogP contribution in [0, 0.1) is 0 Å². The fourth-order valence-corrected chi connectivity index (χ4v) is 2.36. The Morgan fingerprint density at radius 3 is 2.47 bits per heavy atom. The number of hydrogen-bond donors (Lipinski definition) is 1. The van der Waals surface area contributed by atoms with Crippen molar-refractivity contribution in [2.75, 3.05) is 5.32 Å². The number of hydrogen-bond acceptors (Lipinski definition) is 2. The molecule has 0 aliphatic heterocycles. The van der Waals surface area contributed by atoms with Crippen molar-refractivity contribution in [2.24, 2.45) is 0 Å². The van der Waals surface area contributed by atoms with Crippen LogP contribution < -0.4 is 5.32 Å². The second kappa shape index (κ2) is 4.77. The number of rotatable bonds is 2. The van der Waals surface area contributed by atoms with Crippen molar-refractivity contribution in [3.05, 3.63) is 21.3 Å². The van der Waals surface area contributed by atoms with Crippen LogP contribution in [0.2, 0.25) is 15.2 Å². The summed E-state index contributed by atoms with van der Waals surface area (Å²) in [7, 11) is 0. The molecule has 0 spiro atoms. The molecule has 1 aromatic heterocycles. The highest BCUT2D eigenvalue weighted by Crippen LogP contribution is 2.31. The number of aromatic nitrogens is 1. The summed E-state index contributed by atoms with van der Waals surface area (Å²) in [6, 6.07) is 2.09. The average Bonchev–Trinajstić information content (AvgIpc) is 2.67. The van der Waals surface area contributed by atoms with Crippen molar-refractivity contribution in [3.63, 3.8) is 0 Å². The van der Waals surface area contributed by atoms with Crippen LogP contribution in [0.3, 0.4) is 0 Å². The van der Waals surface area contributed by atoms with Crippen molar-refractivity contribution in [3.8, 4) is 0 Å². The molecule has 1 heterocycles. The fourth-order valence-electron chi connectivity index (χ4n) is 1.81. The largest absolute Gasteiger partial charge is 0.366 e. The monoisotopic (exact) mass is 264 g/mol. The maximum absolute atomic E-state index is 6.01. The highest BCUT2D eigenvalue weighted by molar-refractivity contribution is 6.42. The number of pyridine rings is 1. The van der Waals surface area contributed by atoms with E-state index in [1.54, 1.807) is 6.07 Å². The van der Waals surface area contributed by atoms with Crippen LogP contribution in [0.5, 0.6) is 0 Å². The van der Waals surface area contributed by atoms with E-state index in [-0.39, 0.29) is 0 Å². The van der Waals surface area contributed by atoms with Gasteiger partial charge in [0, 0.05) is 6.04 Å². The van der Waals surface area contributed by atoms with E-state index in [1.165, 1.54) is 12.8 Å². The molecule has 0 saturated heterocycles. The zero-order chi connectivity index (χ0) is 10.8. The van der Waals surface area contributed by atoms with Crippen LogP contribution in [0.1, 0.15) is 25.7 Å². The van der Waals surface area contributed by atoms with Gasteiger partial charge in [-0.25, -0.2) is 4.98 Å². The van der Waals surface area contributed by atoms with Gasteiger partial charge in [-0.05, 0) is 18.9 Å². The van der Waals surface area contributed by atoms with Crippen LogP contribution in [0.15, 0.2) is 6.07 Å². The third kappa shape index (κ3) is 2.68. The Bertz CT molecular complexity index is 362. The molecule has 2 rings (SSSR count). The third-order valence-corrected chi connectivity index (χ3v) is 3.54. The Morgan fingerprint density at radius 1 is 1.13 bits per heavy atom. The van der Waals surface area contributed by atoms with E-state index in [2.05, 4.69) is 10.3 Å². The fraction of sp³-hybridized carbons (Fsp3) is 0.500. The number of nitrogens with zero attached hydrogens (tertiary/aromatic N) is 1. The molecule has 0 aromatic carbocycles. The summed E-state index contributed by atoms with van der Waals surface area (Å²) in [5.74, 6) is 0.637. The van der Waals surface area contributed by atoms with Crippen molar-refractivity contribution in [1.29, 1.82) is 0 Å². The molecule has 0 bridgehead atoms. The Balaban J connectivity index is 2.16. The molecule has 0 amide bonds. The predicted molar refractivity (Wildman–Crippen MR) is 65.1 cm³/mol. The first-order valence-corrected chi connectivity index (χ1v) is 6.08. The minimum absolute atomic E-state index is 0.293. The van der Waals surface area contributed by atoms with E-state index in [0.29, 0.717) is 27.1 Å². The summed E-state index contributed by atoms with van der Waals surface area (Å²) in [4.78, 5) is 4.13. The van der Waals surface area contributed by atoms with Gasteiger partial charge in [-0.1, -0.05) is 47.6 Å². The predicted octanol–water partition coefficient (Wildman–Crippen LogP) is 4.40. The zero-order valence-electron chi connectivity index (χ0n) is 8.06. The van der Waals surface area contributed by atoms with Crippen molar-refractivity contribution >= 4 is 40.6 Å². The average molecular weight is 266 g/mol. The Labute approximate surface area is 104 Å². The zero-order valence-corrected chi connectivity index (χ0v) is 10.3. The van der Waals surface area contributed by atoms with Gasteiger partial charge in [0.1, 0.15) is 11.0 Å². The van der Waals surface area contributed by atoms with Crippen LogP contribution >= 0.6 is 34.8 Å². The topological polar surface area (TPSA) is 24.9 Å². The first-order valence-electron chi connectivity index (χ1n) is 4.95. The highest BCUT2D eigenvalue weighted by Gasteiger charge is 2.17. The molecule has 0 unspecified atom stereocenters. The number of nitrogens with one attached hydrogen (secondary N) is 1. The lowest BCUT2D eigenvalue weighted by Gasteiger charge is -2.14. The quantitative estimate of drug-likeness (QED) is 0.802. The standard InChI is InChI=1S/C10H11Cl3N2/c11-7-5-8(12)10(15-9(7)13)14-6-3-1-2-4-6/h5-6H,1-4H2,(H,14,15). The maximum Gasteiger partial charge on any atom is 0.150 e. The Kier molecular flexibility index (Phi) is 3.60. The molecular weight excluding hydrogens is 254 g/mol. The van der Waals surface area contributed by atoms with Gasteiger partial charge in [0.2, 0.25) is 0 Å². The molecule has 2 nitrogen and oxygen atoms in total. The molecule has 1 aromatic rings. The highest BCUT2D eigenvalue weighted by atomic mass is 35.5. The van der Waals surface area contributed by atoms with E-state index >= 15 is 0 Å². The summed E-state index contributed by atoms with van der Waals surface area (Å²) in [5.41, 5.74) is 0. The molecular formula is C10H11Cl3N2. The second-order valence-corrected chi connectivity index (χ2v) is 4.89. The summed E-state index contributed by atoms with van der Waals surface area (Å²) in [6.07, 6.45) is 4.85. The third-order valence-electron chi connectivity index (χ3n) is 2.58. The van der Waals surface area contributed by atoms with Gasteiger partial charge in [0.15, 0.2) is 0 Å². The van der Waals surface area contributed by atoms with Gasteiger partial charge < -0.3 is 5.32 Å². The molecule has 5 heteroatoms. The normalized spacial score (nSPS) is 17.0. The summed E-state index contributed by atoms with van der Waals surface area (Å²) >= 11 is 17.6. The van der Waals surface area contributed by atoms with Crippen molar-refractivity contribution in [1.82, 2.24) is 4.98 Å². The molecule has 1 saturated carbocycles. The van der Waals surface area contributed by atoms with Crippen molar-refractivity contribution in [2.45, 2.75) is 31.7 Å². The first kappa shape index (κ1) is 11.3. The molecule has 0 radical (unpaired) electrons. The van der Waals surface area contributed by atoms with Gasteiger partial charge >= 0.3 is 0 Å². The Hall–Kier alpha value is -0.180. The van der Waals surface area contributed by atoms with E-state index < -0.39 is 0 Å². The lowest BCUT2D eigenvalue weighted by molar-refractivity contribution is 0.750. The van der Waals surface area contributed by atoms with Gasteiger partial charge in [0.25, 0.3) is 0 Å². The molecule has 1 fully saturated rings. The van der Waals surface area contributed by atoms with Crippen molar-refractivity contribution < 1.29 is 0 Å². The minimum Gasteiger partial charge on any atom is -0.366 e. The van der Waals surface area contributed by atoms with Gasteiger partial charge in [-0.3, -0.25) is 0 Å². The SMILES string of the molecule is Clc1cc(Cl)c(NC2CCCC2)nc1Cl. The lowest BCUT2D eigenvalue weighted by atomic mass is 10.2. The molecule has 1 N–H and O–H groups in total. The lowest BCUT2D eigenvalue weighted by Crippen LogP contribution is -2.15. The van der Waals surface area contributed by atoms with E-state index in [0.717, 1.165) is 12.8 Å². The first-order chi connectivity index (χ1) is 7.16. The second-order valence-electron chi connectivity index (χ2n) is 3.72. The summed E-state index contributed by atoms with van der Waals surface area (Å²) in [6.45, 7) is 0. The molecule has 1 aliphatic carbocycles. The summed E-state index contributed by atoms with van der Waals surface area (Å²) in [5, 5.41) is 4.50. The van der Waals surface area contributed by atoms with E-state index in [9.17, 15) is 0 Å². The number of anilines is 1. The molecule has 15 heavy (non-hydrogen) atoms. The number of halogens is 3. The van der Waals surface area contributed by atoms with Crippen LogP contribution in [0.4, 0.5) is 5.82 Å². The molecule has 82 valence electrons. The summed E-state index contributed by atoms with van der Waals surface area (Å²) < 4.78 is 0. The maximum atomic E-state index is 6.01. The van der Waals surface area contributed by atoms with Gasteiger partial charge in [0.05, 0.1) is 10.0 Å².